The highest BCUT2D eigenvalue weighted by Crippen LogP contribution is 2.32. The zero-order valence-corrected chi connectivity index (χ0v) is 17.4. The van der Waals surface area contributed by atoms with Crippen molar-refractivity contribution in [3.63, 3.8) is 0 Å². The number of benzene rings is 2. The van der Waals surface area contributed by atoms with Gasteiger partial charge in [-0.15, -0.1) is 0 Å². The molecule has 3 aromatic rings. The first-order valence-corrected chi connectivity index (χ1v) is 9.08. The van der Waals surface area contributed by atoms with E-state index in [9.17, 15) is 0 Å². The van der Waals surface area contributed by atoms with E-state index in [1.54, 1.807) is 0 Å². The summed E-state index contributed by atoms with van der Waals surface area (Å²) in [4.78, 5) is 0. The van der Waals surface area contributed by atoms with Crippen LogP contribution in [0.2, 0.25) is 5.02 Å². The number of quaternary nitrogens is 1. The number of rotatable bonds is 7. The van der Waals surface area contributed by atoms with Crippen LogP contribution in [0.15, 0.2) is 40.8 Å². The maximum Gasteiger partial charge on any atom is 0.139 e. The van der Waals surface area contributed by atoms with E-state index in [2.05, 4.69) is 26.8 Å². The van der Waals surface area contributed by atoms with Crippen molar-refractivity contribution in [2.45, 2.75) is 20.8 Å². The lowest BCUT2D eigenvalue weighted by atomic mass is 10.1. The molecule has 2 aromatic carbocycles. The molecule has 0 amide bonds. The first-order valence-electron chi connectivity index (χ1n) is 8.70. The molecule has 0 bridgehead atoms. The van der Waals surface area contributed by atoms with Gasteiger partial charge in [0.25, 0.3) is 0 Å². The molecule has 0 saturated carbocycles. The van der Waals surface area contributed by atoms with Gasteiger partial charge in [0, 0.05) is 27.9 Å². The van der Waals surface area contributed by atoms with Gasteiger partial charge in [0.1, 0.15) is 30.1 Å². The van der Waals surface area contributed by atoms with Crippen molar-refractivity contribution in [3.8, 4) is 5.75 Å². The van der Waals surface area contributed by atoms with Crippen LogP contribution in [0.5, 0.6) is 5.75 Å². The minimum Gasteiger partial charge on any atom is -1.00 e. The van der Waals surface area contributed by atoms with E-state index in [1.807, 2.05) is 30.3 Å². The first-order chi connectivity index (χ1) is 11.6. The van der Waals surface area contributed by atoms with Crippen LogP contribution in [0.3, 0.4) is 0 Å². The molecule has 0 N–H and O–H groups in total. The lowest BCUT2D eigenvalue weighted by Gasteiger charge is -2.35. The zero-order valence-electron chi connectivity index (χ0n) is 15.0. The number of fused-ring (bicyclic) bond motifs is 3. The largest absolute Gasteiger partial charge is 1.00 e. The highest BCUT2D eigenvalue weighted by atomic mass is 79.9. The third-order valence-corrected chi connectivity index (χ3v) is 5.49. The standard InChI is InChI=1S/C20H25ClNO2.BrH/c1-4-22(5-2,6-3)11-12-23-16-8-10-18-17-9-7-15(21)13-19(17)24-20(18)14-16;/h7-10,13-14H,4-6,11-12H2,1-3H3;1H/q+1;/p-1. The molecule has 0 fully saturated rings. The van der Waals surface area contributed by atoms with Crippen LogP contribution in [0.4, 0.5) is 0 Å². The molecule has 0 saturated heterocycles. The molecule has 3 rings (SSSR count). The van der Waals surface area contributed by atoms with Crippen molar-refractivity contribution in [2.75, 3.05) is 32.8 Å². The summed E-state index contributed by atoms with van der Waals surface area (Å²) in [6.07, 6.45) is 0. The van der Waals surface area contributed by atoms with E-state index >= 15 is 0 Å². The van der Waals surface area contributed by atoms with E-state index in [-0.39, 0.29) is 17.0 Å². The van der Waals surface area contributed by atoms with Crippen molar-refractivity contribution in [2.24, 2.45) is 0 Å². The smallest absolute Gasteiger partial charge is 0.139 e. The number of likely N-dealkylation sites (N-methyl/N-ethyl adjacent to an activating group) is 1. The molecule has 0 aliphatic rings. The Morgan fingerprint density at radius 2 is 1.52 bits per heavy atom. The van der Waals surface area contributed by atoms with Crippen molar-refractivity contribution < 1.29 is 30.6 Å². The van der Waals surface area contributed by atoms with E-state index in [0.29, 0.717) is 11.6 Å². The number of hydrogen-bond acceptors (Lipinski definition) is 2. The van der Waals surface area contributed by atoms with Crippen LogP contribution in [0, 0.1) is 0 Å². The Hall–Kier alpha value is -1.23. The average molecular weight is 427 g/mol. The molecule has 0 radical (unpaired) electrons. The first kappa shape index (κ1) is 20.1. The van der Waals surface area contributed by atoms with E-state index in [4.69, 9.17) is 20.8 Å². The summed E-state index contributed by atoms with van der Waals surface area (Å²) in [7, 11) is 0. The summed E-state index contributed by atoms with van der Waals surface area (Å²) in [6, 6.07) is 11.8. The Morgan fingerprint density at radius 1 is 0.920 bits per heavy atom. The van der Waals surface area contributed by atoms with Gasteiger partial charge in [-0.05, 0) is 45.0 Å². The molecule has 0 atom stereocenters. The second-order valence-electron chi connectivity index (χ2n) is 6.26. The molecule has 5 heteroatoms. The van der Waals surface area contributed by atoms with Gasteiger partial charge in [-0.2, -0.15) is 0 Å². The number of furan rings is 1. The van der Waals surface area contributed by atoms with Crippen molar-refractivity contribution in [1.29, 1.82) is 0 Å². The fraction of sp³-hybridized carbons (Fsp3) is 0.400. The van der Waals surface area contributed by atoms with Gasteiger partial charge in [-0.3, -0.25) is 0 Å². The van der Waals surface area contributed by atoms with Crippen LogP contribution >= 0.6 is 11.6 Å². The average Bonchev–Trinajstić information content (AvgIpc) is 2.95. The topological polar surface area (TPSA) is 22.4 Å². The highest BCUT2D eigenvalue weighted by molar-refractivity contribution is 6.31. The maximum atomic E-state index is 6.04. The zero-order chi connectivity index (χ0) is 17.2. The van der Waals surface area contributed by atoms with Gasteiger partial charge in [0.2, 0.25) is 0 Å². The minimum atomic E-state index is 0. The third kappa shape index (κ3) is 4.13. The van der Waals surface area contributed by atoms with Crippen LogP contribution in [-0.4, -0.2) is 37.3 Å². The monoisotopic (exact) mass is 425 g/mol. The lowest BCUT2D eigenvalue weighted by molar-refractivity contribution is -0.923. The molecular formula is C20H25BrClNO2. The summed E-state index contributed by atoms with van der Waals surface area (Å²) in [5, 5.41) is 2.86. The van der Waals surface area contributed by atoms with Gasteiger partial charge >= 0.3 is 0 Å². The Labute approximate surface area is 164 Å². The third-order valence-electron chi connectivity index (χ3n) is 5.25. The highest BCUT2D eigenvalue weighted by Gasteiger charge is 2.20. The Balaban J connectivity index is 0.00000225. The van der Waals surface area contributed by atoms with Gasteiger partial charge < -0.3 is 30.6 Å². The summed E-state index contributed by atoms with van der Waals surface area (Å²) in [6.45, 7) is 11.9. The van der Waals surface area contributed by atoms with Gasteiger partial charge in [-0.25, -0.2) is 0 Å². The lowest BCUT2D eigenvalue weighted by Crippen LogP contribution is -3.00. The van der Waals surface area contributed by atoms with E-state index < -0.39 is 0 Å². The van der Waals surface area contributed by atoms with Crippen LogP contribution in [0.25, 0.3) is 21.9 Å². The number of hydrogen-bond donors (Lipinski definition) is 0. The Kier molecular flexibility index (Phi) is 6.78. The van der Waals surface area contributed by atoms with Crippen molar-refractivity contribution >= 4 is 33.5 Å². The summed E-state index contributed by atoms with van der Waals surface area (Å²) >= 11 is 6.04. The molecule has 1 heterocycles. The molecule has 1 aromatic heterocycles. The normalized spacial score (nSPS) is 11.7. The molecule has 0 spiro atoms. The molecule has 0 unspecified atom stereocenters. The summed E-state index contributed by atoms with van der Waals surface area (Å²) in [5.74, 6) is 0.856. The maximum absolute atomic E-state index is 6.04. The number of nitrogens with zero attached hydrogens (tertiary/aromatic N) is 1. The molecule has 0 aliphatic heterocycles. The van der Waals surface area contributed by atoms with E-state index in [0.717, 1.165) is 58.4 Å². The molecule has 0 aliphatic carbocycles. The Morgan fingerprint density at radius 3 is 2.16 bits per heavy atom. The molecule has 3 nitrogen and oxygen atoms in total. The van der Waals surface area contributed by atoms with Crippen molar-refractivity contribution in [1.82, 2.24) is 0 Å². The van der Waals surface area contributed by atoms with Crippen LogP contribution in [0.1, 0.15) is 20.8 Å². The molecular weight excluding hydrogens is 402 g/mol. The molecule has 25 heavy (non-hydrogen) atoms. The van der Waals surface area contributed by atoms with Crippen molar-refractivity contribution in [3.05, 3.63) is 41.4 Å². The predicted molar refractivity (Wildman–Crippen MR) is 101 cm³/mol. The minimum absolute atomic E-state index is 0. The number of ether oxygens (including phenoxy) is 1. The Bertz CT molecular complexity index is 834. The van der Waals surface area contributed by atoms with Gasteiger partial charge in [0.05, 0.1) is 19.6 Å². The van der Waals surface area contributed by atoms with Crippen LogP contribution < -0.4 is 21.7 Å². The molecule has 136 valence electrons. The van der Waals surface area contributed by atoms with Gasteiger partial charge in [-0.1, -0.05) is 11.6 Å². The summed E-state index contributed by atoms with van der Waals surface area (Å²) in [5.41, 5.74) is 1.65. The second-order valence-corrected chi connectivity index (χ2v) is 6.70. The van der Waals surface area contributed by atoms with Crippen LogP contribution in [-0.2, 0) is 0 Å². The fourth-order valence-electron chi connectivity index (χ4n) is 3.32. The van der Waals surface area contributed by atoms with Gasteiger partial charge in [0.15, 0.2) is 0 Å². The fourth-order valence-corrected chi connectivity index (χ4v) is 3.49. The SMILES string of the molecule is CC[N+](CC)(CC)CCOc1ccc2c(c1)oc1cc(Cl)ccc12.[Br-]. The summed E-state index contributed by atoms with van der Waals surface area (Å²) < 4.78 is 13.0. The quantitative estimate of drug-likeness (QED) is 0.542. The van der Waals surface area contributed by atoms with E-state index in [1.165, 1.54) is 0 Å². The number of halogens is 2. The second kappa shape index (κ2) is 8.43. The predicted octanol–water partition coefficient (Wildman–Crippen LogP) is 2.50.